The maximum atomic E-state index is 13.1. The summed E-state index contributed by atoms with van der Waals surface area (Å²) in [5.74, 6) is -0.123. The molecule has 2 unspecified atom stereocenters. The van der Waals surface area contributed by atoms with Crippen LogP contribution in [0.2, 0.25) is 0 Å². The van der Waals surface area contributed by atoms with Crippen LogP contribution < -0.4 is 15.8 Å². The molecule has 106 valence electrons. The van der Waals surface area contributed by atoms with Gasteiger partial charge in [0, 0.05) is 18.2 Å². The van der Waals surface area contributed by atoms with Crippen LogP contribution in [0, 0.1) is 5.82 Å². The van der Waals surface area contributed by atoms with Crippen molar-refractivity contribution in [2.45, 2.75) is 45.9 Å². The molecular weight excluding hydrogens is 247 g/mol. The average Bonchev–Trinajstić information content (AvgIpc) is 2.40. The van der Waals surface area contributed by atoms with E-state index in [9.17, 15) is 9.18 Å². The Morgan fingerprint density at radius 2 is 2.16 bits per heavy atom. The van der Waals surface area contributed by atoms with Crippen LogP contribution >= 0.6 is 0 Å². The highest BCUT2D eigenvalue weighted by Crippen LogP contribution is 2.20. The van der Waals surface area contributed by atoms with Crippen molar-refractivity contribution in [3.63, 3.8) is 0 Å². The number of carbonyl (C=O) groups excluding carboxylic acids is 1. The molecule has 0 aromatic heterocycles. The molecule has 0 bridgehead atoms. The van der Waals surface area contributed by atoms with E-state index in [1.165, 1.54) is 18.2 Å². The third-order valence-electron chi connectivity index (χ3n) is 2.92. The third-order valence-corrected chi connectivity index (χ3v) is 2.92. The molecule has 0 aliphatic heterocycles. The van der Waals surface area contributed by atoms with Crippen molar-refractivity contribution in [3.8, 4) is 5.75 Å². The van der Waals surface area contributed by atoms with Gasteiger partial charge in [0.25, 0.3) is 5.91 Å². The fourth-order valence-electron chi connectivity index (χ4n) is 1.53. The van der Waals surface area contributed by atoms with E-state index < -0.39 is 6.10 Å². The molecule has 4 nitrogen and oxygen atoms in total. The van der Waals surface area contributed by atoms with Crippen LogP contribution in [0.3, 0.4) is 0 Å². The number of ether oxygens (including phenoxy) is 1. The molecule has 0 spiro atoms. The number of rotatable bonds is 6. The van der Waals surface area contributed by atoms with E-state index in [2.05, 4.69) is 5.32 Å². The summed E-state index contributed by atoms with van der Waals surface area (Å²) in [6, 6.07) is 4.19. The molecule has 2 atom stereocenters. The second-order valence-corrected chi connectivity index (χ2v) is 4.53. The van der Waals surface area contributed by atoms with Gasteiger partial charge in [-0.3, -0.25) is 4.79 Å². The van der Waals surface area contributed by atoms with E-state index >= 15 is 0 Å². The normalized spacial score (nSPS) is 13.7. The first-order chi connectivity index (χ1) is 8.97. The predicted octanol–water partition coefficient (Wildman–Crippen LogP) is 1.97. The quantitative estimate of drug-likeness (QED) is 0.829. The zero-order chi connectivity index (χ0) is 14.4. The van der Waals surface area contributed by atoms with Crippen molar-refractivity contribution in [1.29, 1.82) is 0 Å². The number of hydrogen-bond acceptors (Lipinski definition) is 3. The molecule has 1 amide bonds. The van der Waals surface area contributed by atoms with Crippen LogP contribution in [0.1, 0.15) is 32.8 Å². The highest BCUT2D eigenvalue weighted by atomic mass is 19.1. The zero-order valence-electron chi connectivity index (χ0n) is 11.6. The highest BCUT2D eigenvalue weighted by Gasteiger charge is 2.17. The number of halogens is 1. The van der Waals surface area contributed by atoms with Crippen LogP contribution in [0.25, 0.3) is 0 Å². The molecule has 0 fully saturated rings. The van der Waals surface area contributed by atoms with Gasteiger partial charge in [0.2, 0.25) is 0 Å². The lowest BCUT2D eigenvalue weighted by Gasteiger charge is -2.19. The largest absolute Gasteiger partial charge is 0.481 e. The molecule has 1 rings (SSSR count). The Hall–Kier alpha value is -1.62. The van der Waals surface area contributed by atoms with E-state index in [0.29, 0.717) is 11.3 Å². The molecule has 3 N–H and O–H groups in total. The summed E-state index contributed by atoms with van der Waals surface area (Å²) >= 11 is 0. The van der Waals surface area contributed by atoms with Crippen molar-refractivity contribution >= 4 is 5.91 Å². The van der Waals surface area contributed by atoms with Gasteiger partial charge >= 0.3 is 0 Å². The van der Waals surface area contributed by atoms with Crippen LogP contribution in [0.15, 0.2) is 18.2 Å². The number of hydrogen-bond donors (Lipinski definition) is 2. The lowest BCUT2D eigenvalue weighted by Crippen LogP contribution is -2.41. The summed E-state index contributed by atoms with van der Waals surface area (Å²) in [4.78, 5) is 11.8. The summed E-state index contributed by atoms with van der Waals surface area (Å²) in [6.45, 7) is 5.73. The fraction of sp³-hybridized carbons (Fsp3) is 0.500. The molecule has 0 heterocycles. The second-order valence-electron chi connectivity index (χ2n) is 4.53. The summed E-state index contributed by atoms with van der Waals surface area (Å²) in [6.07, 6.45) is 0.202. The Kier molecular flexibility index (Phi) is 5.76. The molecule has 1 aromatic rings. The molecule has 1 aromatic carbocycles. The van der Waals surface area contributed by atoms with E-state index in [4.69, 9.17) is 10.5 Å². The number of nitrogens with two attached hydrogens (primary N) is 1. The van der Waals surface area contributed by atoms with Gasteiger partial charge < -0.3 is 15.8 Å². The van der Waals surface area contributed by atoms with Crippen molar-refractivity contribution in [1.82, 2.24) is 5.32 Å². The van der Waals surface area contributed by atoms with Crippen molar-refractivity contribution < 1.29 is 13.9 Å². The van der Waals surface area contributed by atoms with Gasteiger partial charge in [-0.25, -0.2) is 4.39 Å². The standard InChI is InChI=1S/C14H21FN2O2/c1-4-9(2)17-14(18)10(3)19-13-6-5-12(15)7-11(13)8-16/h5-7,9-10H,4,8,16H2,1-3H3,(H,17,18). The average molecular weight is 268 g/mol. The van der Waals surface area contributed by atoms with E-state index in [1.807, 2.05) is 13.8 Å². The molecule has 0 radical (unpaired) electrons. The molecule has 0 saturated heterocycles. The summed E-state index contributed by atoms with van der Waals surface area (Å²) in [7, 11) is 0. The van der Waals surface area contributed by atoms with Gasteiger partial charge in [-0.1, -0.05) is 6.92 Å². The molecule has 19 heavy (non-hydrogen) atoms. The third kappa shape index (κ3) is 4.52. The van der Waals surface area contributed by atoms with E-state index in [1.54, 1.807) is 6.92 Å². The number of amides is 1. The van der Waals surface area contributed by atoms with Crippen molar-refractivity contribution in [2.24, 2.45) is 5.73 Å². The minimum atomic E-state index is -0.648. The maximum absolute atomic E-state index is 13.1. The molecule has 5 heteroatoms. The van der Waals surface area contributed by atoms with Crippen LogP contribution in [-0.4, -0.2) is 18.1 Å². The lowest BCUT2D eigenvalue weighted by molar-refractivity contribution is -0.127. The van der Waals surface area contributed by atoms with Gasteiger partial charge in [0.1, 0.15) is 11.6 Å². The summed E-state index contributed by atoms with van der Waals surface area (Å²) in [5.41, 5.74) is 6.07. The lowest BCUT2D eigenvalue weighted by atomic mass is 10.2. The van der Waals surface area contributed by atoms with Gasteiger partial charge in [-0.05, 0) is 38.5 Å². The van der Waals surface area contributed by atoms with Crippen LogP contribution in [-0.2, 0) is 11.3 Å². The topological polar surface area (TPSA) is 64.3 Å². The first-order valence-electron chi connectivity index (χ1n) is 6.43. The second kappa shape index (κ2) is 7.09. The monoisotopic (exact) mass is 268 g/mol. The Morgan fingerprint density at radius 3 is 2.74 bits per heavy atom. The zero-order valence-corrected chi connectivity index (χ0v) is 11.6. The van der Waals surface area contributed by atoms with Crippen LogP contribution in [0.4, 0.5) is 4.39 Å². The number of benzene rings is 1. The predicted molar refractivity (Wildman–Crippen MR) is 72.3 cm³/mol. The Labute approximate surface area is 113 Å². The van der Waals surface area contributed by atoms with Crippen LogP contribution in [0.5, 0.6) is 5.75 Å². The van der Waals surface area contributed by atoms with Gasteiger partial charge in [-0.15, -0.1) is 0 Å². The SMILES string of the molecule is CCC(C)NC(=O)C(C)Oc1ccc(F)cc1CN. The number of nitrogens with one attached hydrogen (secondary N) is 1. The first kappa shape index (κ1) is 15.4. The Morgan fingerprint density at radius 1 is 1.47 bits per heavy atom. The Balaban J connectivity index is 2.71. The Bertz CT molecular complexity index is 437. The summed E-state index contributed by atoms with van der Waals surface area (Å²) < 4.78 is 18.6. The maximum Gasteiger partial charge on any atom is 0.260 e. The minimum Gasteiger partial charge on any atom is -0.481 e. The molecule has 0 aliphatic carbocycles. The van der Waals surface area contributed by atoms with Crippen molar-refractivity contribution in [2.75, 3.05) is 0 Å². The van der Waals surface area contributed by atoms with Gasteiger partial charge in [0.05, 0.1) is 0 Å². The van der Waals surface area contributed by atoms with Crippen molar-refractivity contribution in [3.05, 3.63) is 29.6 Å². The fourth-order valence-corrected chi connectivity index (χ4v) is 1.53. The van der Waals surface area contributed by atoms with Gasteiger partial charge in [0.15, 0.2) is 6.10 Å². The van der Waals surface area contributed by atoms with Gasteiger partial charge in [-0.2, -0.15) is 0 Å². The highest BCUT2D eigenvalue weighted by molar-refractivity contribution is 5.81. The smallest absolute Gasteiger partial charge is 0.260 e. The minimum absolute atomic E-state index is 0.0979. The van der Waals surface area contributed by atoms with E-state index in [-0.39, 0.29) is 24.3 Å². The van der Waals surface area contributed by atoms with E-state index in [0.717, 1.165) is 6.42 Å². The molecule has 0 saturated carbocycles. The number of carbonyl (C=O) groups is 1. The molecule has 0 aliphatic rings. The molecular formula is C14H21FN2O2. The first-order valence-corrected chi connectivity index (χ1v) is 6.43. The summed E-state index contributed by atoms with van der Waals surface area (Å²) in [5, 5.41) is 2.83.